The molecule has 0 aliphatic heterocycles. The predicted octanol–water partition coefficient (Wildman–Crippen LogP) is 7.37. The van der Waals surface area contributed by atoms with Crippen molar-refractivity contribution in [3.05, 3.63) is 0 Å². The molecule has 0 N–H and O–H groups in total. The van der Waals surface area contributed by atoms with Crippen molar-refractivity contribution < 1.29 is 19.0 Å². The van der Waals surface area contributed by atoms with Gasteiger partial charge in [0, 0.05) is 20.2 Å². The number of carbonyl (C=O) groups excluding carboxylic acids is 1. The quantitative estimate of drug-likeness (QED) is 0.174. The summed E-state index contributed by atoms with van der Waals surface area (Å²) in [5, 5.41) is 0. The number of unbranched alkanes of at least 4 members (excludes halogenated alkanes) is 13. The van der Waals surface area contributed by atoms with Gasteiger partial charge in [0.2, 0.25) is 0 Å². The molecule has 0 fully saturated rings. The Balaban J connectivity index is 3.21. The van der Waals surface area contributed by atoms with E-state index in [0.29, 0.717) is 26.4 Å². The van der Waals surface area contributed by atoms with E-state index >= 15 is 0 Å². The van der Waals surface area contributed by atoms with E-state index in [4.69, 9.17) is 14.2 Å². The summed E-state index contributed by atoms with van der Waals surface area (Å²) in [6, 6.07) is 0. The molecular weight excluding hydrogens is 390 g/mol. The lowest BCUT2D eigenvalue weighted by atomic mass is 10.0. The Morgan fingerprint density at radius 2 is 1.06 bits per heavy atom. The molecule has 0 saturated carbocycles. The molecule has 0 radical (unpaired) electrons. The summed E-state index contributed by atoms with van der Waals surface area (Å²) in [6.07, 6.45) is 18.9. The smallest absolute Gasteiger partial charge is 0.410 e. The van der Waals surface area contributed by atoms with Gasteiger partial charge in [-0.3, -0.25) is 0 Å². The molecule has 0 aliphatic rings. The summed E-state index contributed by atoms with van der Waals surface area (Å²) in [5.41, 5.74) is -0.465. The Morgan fingerprint density at radius 1 is 0.645 bits per heavy atom. The maximum absolute atomic E-state index is 11.8. The highest BCUT2D eigenvalue weighted by Gasteiger charge is 2.19. The minimum atomic E-state index is -0.465. The van der Waals surface area contributed by atoms with Gasteiger partial charge in [-0.05, 0) is 27.2 Å². The molecule has 0 aliphatic carbocycles. The zero-order valence-corrected chi connectivity index (χ0v) is 21.5. The number of carbonyl (C=O) groups is 1. The average molecular weight is 444 g/mol. The first-order valence-corrected chi connectivity index (χ1v) is 13.0. The lowest BCUT2D eigenvalue weighted by molar-refractivity contribution is 0.0157. The fourth-order valence-corrected chi connectivity index (χ4v) is 3.35. The van der Waals surface area contributed by atoms with Crippen LogP contribution in [0.4, 0.5) is 4.79 Å². The van der Waals surface area contributed by atoms with Crippen LogP contribution in [0.15, 0.2) is 0 Å². The molecule has 0 atom stereocenters. The van der Waals surface area contributed by atoms with Crippen LogP contribution in [-0.4, -0.2) is 56.6 Å². The molecule has 0 aromatic heterocycles. The van der Waals surface area contributed by atoms with Crippen molar-refractivity contribution in [2.75, 3.05) is 40.0 Å². The molecule has 0 saturated heterocycles. The molecule has 1 amide bonds. The molecule has 0 aromatic rings. The molecule has 0 bridgehead atoms. The van der Waals surface area contributed by atoms with Crippen molar-refractivity contribution in [3.63, 3.8) is 0 Å². The van der Waals surface area contributed by atoms with Crippen LogP contribution in [0.3, 0.4) is 0 Å². The van der Waals surface area contributed by atoms with Crippen molar-refractivity contribution in [1.29, 1.82) is 0 Å². The highest BCUT2D eigenvalue weighted by Crippen LogP contribution is 2.13. The summed E-state index contributed by atoms with van der Waals surface area (Å²) < 4.78 is 16.5. The van der Waals surface area contributed by atoms with Crippen LogP contribution < -0.4 is 0 Å². The molecular formula is C26H53NO4. The van der Waals surface area contributed by atoms with Crippen LogP contribution in [0.5, 0.6) is 0 Å². The summed E-state index contributed by atoms with van der Waals surface area (Å²) in [4.78, 5) is 13.4. The van der Waals surface area contributed by atoms with Crippen molar-refractivity contribution in [3.8, 4) is 0 Å². The van der Waals surface area contributed by atoms with Crippen LogP contribution in [-0.2, 0) is 14.2 Å². The van der Waals surface area contributed by atoms with Crippen molar-refractivity contribution >= 4 is 6.09 Å². The number of rotatable bonds is 21. The summed E-state index contributed by atoms with van der Waals surface area (Å²) >= 11 is 0. The molecule has 0 spiro atoms. The summed E-state index contributed by atoms with van der Waals surface area (Å²) in [6.45, 7) is 10.9. The highest BCUT2D eigenvalue weighted by molar-refractivity contribution is 5.67. The molecule has 5 heteroatoms. The van der Waals surface area contributed by atoms with E-state index in [1.54, 1.807) is 11.9 Å². The van der Waals surface area contributed by atoms with Crippen molar-refractivity contribution in [1.82, 2.24) is 4.90 Å². The highest BCUT2D eigenvalue weighted by atomic mass is 16.6. The standard InChI is InChI=1S/C26H53NO4/c1-6-7-8-9-10-11-12-13-14-15-16-17-18-19-21-29-23-24-30-22-20-27(5)25(28)31-26(2,3)4/h6-24H2,1-5H3. The number of nitrogens with zero attached hydrogens (tertiary/aromatic N) is 1. The SMILES string of the molecule is CCCCCCCCCCCCCCCCOCCOCCN(C)C(=O)OC(C)(C)C. The van der Waals surface area contributed by atoms with Gasteiger partial charge in [0.1, 0.15) is 5.60 Å². The topological polar surface area (TPSA) is 48.0 Å². The third kappa shape index (κ3) is 23.7. The normalized spacial score (nSPS) is 11.6. The molecule has 186 valence electrons. The van der Waals surface area contributed by atoms with E-state index in [1.807, 2.05) is 20.8 Å². The van der Waals surface area contributed by atoms with Gasteiger partial charge in [-0.1, -0.05) is 90.4 Å². The molecule has 31 heavy (non-hydrogen) atoms. The lowest BCUT2D eigenvalue weighted by Gasteiger charge is -2.24. The Morgan fingerprint density at radius 3 is 1.52 bits per heavy atom. The molecule has 5 nitrogen and oxygen atoms in total. The fourth-order valence-electron chi connectivity index (χ4n) is 3.35. The third-order valence-electron chi connectivity index (χ3n) is 5.29. The summed E-state index contributed by atoms with van der Waals surface area (Å²) in [5.74, 6) is 0. The zero-order valence-electron chi connectivity index (χ0n) is 21.5. The van der Waals surface area contributed by atoms with E-state index in [-0.39, 0.29) is 6.09 Å². The second kappa shape index (κ2) is 21.1. The second-order valence-electron chi connectivity index (χ2n) is 9.72. The van der Waals surface area contributed by atoms with Crippen LogP contribution in [0, 0.1) is 0 Å². The largest absolute Gasteiger partial charge is 0.444 e. The maximum atomic E-state index is 11.8. The fraction of sp³-hybridized carbons (Fsp3) is 0.962. The first-order valence-electron chi connectivity index (χ1n) is 13.0. The van der Waals surface area contributed by atoms with Crippen molar-refractivity contribution in [2.45, 2.75) is 123 Å². The van der Waals surface area contributed by atoms with Crippen LogP contribution >= 0.6 is 0 Å². The van der Waals surface area contributed by atoms with Crippen molar-refractivity contribution in [2.24, 2.45) is 0 Å². The number of ether oxygens (including phenoxy) is 3. The van der Waals surface area contributed by atoms with Gasteiger partial charge in [-0.2, -0.15) is 0 Å². The summed E-state index contributed by atoms with van der Waals surface area (Å²) in [7, 11) is 1.73. The number of hydrogen-bond donors (Lipinski definition) is 0. The molecule has 0 aromatic carbocycles. The molecule has 0 unspecified atom stereocenters. The second-order valence-corrected chi connectivity index (χ2v) is 9.72. The van der Waals surface area contributed by atoms with Gasteiger partial charge in [-0.25, -0.2) is 4.79 Å². The molecule has 0 rings (SSSR count). The van der Waals surface area contributed by atoms with E-state index in [9.17, 15) is 4.79 Å². The molecule has 0 heterocycles. The Bertz CT molecular complexity index is 395. The van der Waals surface area contributed by atoms with Crippen LogP contribution in [0.1, 0.15) is 118 Å². The van der Waals surface area contributed by atoms with Gasteiger partial charge in [0.15, 0.2) is 0 Å². The Hall–Kier alpha value is -0.810. The number of hydrogen-bond acceptors (Lipinski definition) is 4. The van der Waals surface area contributed by atoms with Gasteiger partial charge in [0.25, 0.3) is 0 Å². The third-order valence-corrected chi connectivity index (χ3v) is 5.29. The van der Waals surface area contributed by atoms with Crippen LogP contribution in [0.25, 0.3) is 0 Å². The van der Waals surface area contributed by atoms with Gasteiger partial charge in [-0.15, -0.1) is 0 Å². The Labute approximate surface area is 193 Å². The first kappa shape index (κ1) is 30.2. The number of amides is 1. The van der Waals surface area contributed by atoms with E-state index in [2.05, 4.69) is 6.92 Å². The average Bonchev–Trinajstić information content (AvgIpc) is 2.71. The number of likely N-dealkylation sites (N-methyl/N-ethyl adjacent to an activating group) is 1. The van der Waals surface area contributed by atoms with Gasteiger partial charge >= 0.3 is 6.09 Å². The maximum Gasteiger partial charge on any atom is 0.410 e. The monoisotopic (exact) mass is 443 g/mol. The van der Waals surface area contributed by atoms with Crippen LogP contribution in [0.2, 0.25) is 0 Å². The minimum Gasteiger partial charge on any atom is -0.444 e. The Kier molecular flexibility index (Phi) is 20.5. The zero-order chi connectivity index (χ0) is 23.2. The van der Waals surface area contributed by atoms with Gasteiger partial charge < -0.3 is 19.1 Å². The van der Waals surface area contributed by atoms with E-state index in [1.165, 1.54) is 83.5 Å². The first-order chi connectivity index (χ1) is 14.9. The predicted molar refractivity (Wildman–Crippen MR) is 131 cm³/mol. The van der Waals surface area contributed by atoms with Gasteiger partial charge in [0.05, 0.1) is 19.8 Å². The minimum absolute atomic E-state index is 0.315. The lowest BCUT2D eigenvalue weighted by Crippen LogP contribution is -2.36. The van der Waals surface area contributed by atoms with E-state index in [0.717, 1.165) is 13.0 Å². The van der Waals surface area contributed by atoms with E-state index < -0.39 is 5.60 Å².